The molecule has 17 heteroatoms. The van der Waals surface area contributed by atoms with Gasteiger partial charge < -0.3 is 60.4 Å². The molecule has 0 saturated carbocycles. The molecule has 45 heavy (non-hydrogen) atoms. The van der Waals surface area contributed by atoms with Gasteiger partial charge in [-0.3, -0.25) is 28.8 Å². The van der Waals surface area contributed by atoms with Crippen molar-refractivity contribution in [2.75, 3.05) is 39.3 Å². The lowest BCUT2D eigenvalue weighted by Gasteiger charge is -2.26. The van der Waals surface area contributed by atoms with Crippen molar-refractivity contribution < 1.29 is 33.9 Å². The number of hydrogen-bond donors (Lipinski definition) is 11. The highest BCUT2D eigenvalue weighted by Gasteiger charge is 2.31. The van der Waals surface area contributed by atoms with Crippen LogP contribution in [0.4, 0.5) is 0 Å². The number of rotatable bonds is 27. The summed E-state index contributed by atoms with van der Waals surface area (Å²) in [7, 11) is 0. The van der Waals surface area contributed by atoms with Crippen LogP contribution in [0.3, 0.4) is 0 Å². The first-order valence-corrected chi connectivity index (χ1v) is 15.7. The maximum Gasteiger partial charge on any atom is 0.322 e. The van der Waals surface area contributed by atoms with Crippen molar-refractivity contribution in [3.8, 4) is 0 Å². The summed E-state index contributed by atoms with van der Waals surface area (Å²) in [4.78, 5) is 75.8. The fourth-order valence-corrected chi connectivity index (χ4v) is 4.40. The molecule has 0 radical (unpaired) electrons. The van der Waals surface area contributed by atoms with Gasteiger partial charge in [0.1, 0.15) is 30.7 Å². The molecule has 0 aromatic rings. The highest BCUT2D eigenvalue weighted by Crippen LogP contribution is 2.09. The highest BCUT2D eigenvalue weighted by atomic mass is 16.4. The predicted molar refractivity (Wildman–Crippen MR) is 169 cm³/mol. The predicted octanol–water partition coefficient (Wildman–Crippen LogP) is -3.40. The molecule has 0 spiro atoms. The van der Waals surface area contributed by atoms with Gasteiger partial charge in [0, 0.05) is 0 Å². The quantitative estimate of drug-likeness (QED) is 0.0390. The Morgan fingerprint density at radius 3 is 1.07 bits per heavy atom. The molecule has 0 aliphatic carbocycles. The van der Waals surface area contributed by atoms with E-state index in [-0.39, 0.29) is 32.2 Å². The molecule has 260 valence electrons. The Bertz CT molecular complexity index is 909. The van der Waals surface area contributed by atoms with Crippen molar-refractivity contribution in [1.82, 2.24) is 26.6 Å². The van der Waals surface area contributed by atoms with Crippen LogP contribution < -0.4 is 55.3 Å². The van der Waals surface area contributed by atoms with E-state index in [1.54, 1.807) is 0 Å². The summed E-state index contributed by atoms with van der Waals surface area (Å²) in [5, 5.41) is 21.8. The zero-order chi connectivity index (χ0) is 34.0. The summed E-state index contributed by atoms with van der Waals surface area (Å²) in [6.45, 7) is 0.571. The first-order valence-electron chi connectivity index (χ1n) is 15.7. The molecule has 17 nitrogen and oxygen atoms in total. The van der Waals surface area contributed by atoms with Gasteiger partial charge in [-0.05, 0) is 103 Å². The fraction of sp³-hybridized carbons (Fsp3) is 0.786. The zero-order valence-electron chi connectivity index (χ0n) is 26.3. The van der Waals surface area contributed by atoms with Crippen LogP contribution in [0.15, 0.2) is 0 Å². The Labute approximate surface area is 265 Å². The number of carboxylic acid groups (broad SMARTS) is 1. The number of unbranched alkanes of at least 4 members (excludes halogenated alkanes) is 4. The lowest BCUT2D eigenvalue weighted by Crippen LogP contribution is -2.58. The number of carbonyl (C=O) groups excluding carboxylic acids is 5. The summed E-state index contributed by atoms with van der Waals surface area (Å²) >= 11 is 0. The molecule has 0 rings (SSSR count). The largest absolute Gasteiger partial charge is 0.480 e. The fourth-order valence-electron chi connectivity index (χ4n) is 4.40. The molecule has 0 bridgehead atoms. The Hall–Kier alpha value is -3.38. The number of nitrogens with one attached hydrogen (secondary N) is 5. The molecule has 0 aliphatic heterocycles. The molecule has 0 saturated heterocycles. The van der Waals surface area contributed by atoms with Gasteiger partial charge in [0.2, 0.25) is 29.5 Å². The molecular weight excluding hydrogens is 588 g/mol. The molecule has 16 N–H and O–H groups in total. The monoisotopic (exact) mass is 644 g/mol. The third-order valence-electron chi connectivity index (χ3n) is 6.94. The van der Waals surface area contributed by atoms with E-state index < -0.39 is 66.2 Å². The molecule has 0 aromatic carbocycles. The van der Waals surface area contributed by atoms with Crippen LogP contribution in [0, 0.1) is 0 Å². The molecular formula is C28H56N10O7. The molecule has 4 atom stereocenters. The summed E-state index contributed by atoms with van der Waals surface area (Å²) < 4.78 is 0. The van der Waals surface area contributed by atoms with Crippen LogP contribution in [-0.4, -0.2) is 104 Å². The van der Waals surface area contributed by atoms with Crippen molar-refractivity contribution in [3.63, 3.8) is 0 Å². The highest BCUT2D eigenvalue weighted by molar-refractivity contribution is 5.95. The Kier molecular flexibility index (Phi) is 24.0. The van der Waals surface area contributed by atoms with Crippen molar-refractivity contribution in [2.45, 2.75) is 101 Å². The van der Waals surface area contributed by atoms with E-state index >= 15 is 0 Å². The standard InChI is InChI=1S/C28H56N10O7/c29-13-5-1-9-19(25(42)34-18-24(40)41)36-27(44)21(11-3-7-15-31)38-28(45)22(12-4-8-16-32)37-26(43)20(10-2-6-14-30)35-23(39)17-33/h19-22H,1-18,29-33H2,(H,34,42)(H,35,39)(H,36,44)(H,37,43)(H,38,45)(H,40,41)/t19-,20-,21-,22-/m0/s1. The van der Waals surface area contributed by atoms with Gasteiger partial charge >= 0.3 is 5.97 Å². The molecule has 5 amide bonds. The van der Waals surface area contributed by atoms with Gasteiger partial charge in [0.25, 0.3) is 0 Å². The Balaban J connectivity index is 5.93. The SMILES string of the molecule is NCCCC[C@H](NC(=O)CN)C(=O)N[C@@H](CCCCN)C(=O)N[C@@H](CCCCN)C(=O)N[C@@H](CCCCN)C(=O)NCC(=O)O. The molecule has 0 heterocycles. The summed E-state index contributed by atoms with van der Waals surface area (Å²) in [6.07, 6.45) is 5.29. The molecule has 0 unspecified atom stereocenters. The van der Waals surface area contributed by atoms with Gasteiger partial charge in [0.05, 0.1) is 6.54 Å². The second-order valence-electron chi connectivity index (χ2n) is 10.8. The minimum Gasteiger partial charge on any atom is -0.480 e. The summed E-state index contributed by atoms with van der Waals surface area (Å²) in [6, 6.07) is -4.14. The molecule has 0 aromatic heterocycles. The summed E-state index contributed by atoms with van der Waals surface area (Å²) in [5.41, 5.74) is 27.8. The van der Waals surface area contributed by atoms with Crippen LogP contribution in [0.1, 0.15) is 77.0 Å². The maximum absolute atomic E-state index is 13.5. The second-order valence-corrected chi connectivity index (χ2v) is 10.8. The molecule has 0 fully saturated rings. The van der Waals surface area contributed by atoms with E-state index in [4.69, 9.17) is 33.8 Å². The third kappa shape index (κ3) is 19.6. The number of nitrogens with two attached hydrogens (primary N) is 5. The van der Waals surface area contributed by atoms with Crippen LogP contribution in [0.2, 0.25) is 0 Å². The third-order valence-corrected chi connectivity index (χ3v) is 6.94. The minimum absolute atomic E-state index is 0.193. The van der Waals surface area contributed by atoms with Gasteiger partial charge in [-0.1, -0.05) is 0 Å². The number of carbonyl (C=O) groups is 6. The van der Waals surface area contributed by atoms with Gasteiger partial charge in [0.15, 0.2) is 0 Å². The maximum atomic E-state index is 13.5. The van der Waals surface area contributed by atoms with E-state index in [9.17, 15) is 28.8 Å². The normalized spacial score (nSPS) is 13.5. The van der Waals surface area contributed by atoms with Crippen LogP contribution in [-0.2, 0) is 28.8 Å². The number of carboxylic acids is 1. The minimum atomic E-state index is -1.24. The number of amides is 5. The zero-order valence-corrected chi connectivity index (χ0v) is 26.3. The van der Waals surface area contributed by atoms with Gasteiger partial charge in [-0.2, -0.15) is 0 Å². The van der Waals surface area contributed by atoms with Gasteiger partial charge in [-0.15, -0.1) is 0 Å². The van der Waals surface area contributed by atoms with Crippen LogP contribution >= 0.6 is 0 Å². The number of aliphatic carboxylic acids is 1. The van der Waals surface area contributed by atoms with E-state index in [1.165, 1.54) is 0 Å². The van der Waals surface area contributed by atoms with E-state index in [2.05, 4.69) is 26.6 Å². The Morgan fingerprint density at radius 1 is 0.467 bits per heavy atom. The average molecular weight is 645 g/mol. The van der Waals surface area contributed by atoms with Crippen LogP contribution in [0.5, 0.6) is 0 Å². The van der Waals surface area contributed by atoms with E-state index in [0.717, 1.165) is 0 Å². The summed E-state index contributed by atoms with van der Waals surface area (Å²) in [5.74, 6) is -4.31. The number of hydrogen-bond acceptors (Lipinski definition) is 11. The van der Waals surface area contributed by atoms with Crippen molar-refractivity contribution in [1.29, 1.82) is 0 Å². The van der Waals surface area contributed by atoms with Crippen LogP contribution in [0.25, 0.3) is 0 Å². The second kappa shape index (κ2) is 25.9. The first kappa shape index (κ1) is 41.6. The van der Waals surface area contributed by atoms with Crippen molar-refractivity contribution in [2.24, 2.45) is 28.7 Å². The lowest BCUT2D eigenvalue weighted by atomic mass is 10.0. The topological polar surface area (TPSA) is 313 Å². The van der Waals surface area contributed by atoms with E-state index in [0.29, 0.717) is 77.5 Å². The lowest BCUT2D eigenvalue weighted by molar-refractivity contribution is -0.138. The van der Waals surface area contributed by atoms with Crippen molar-refractivity contribution >= 4 is 35.5 Å². The molecule has 0 aliphatic rings. The average Bonchev–Trinajstić information content (AvgIpc) is 3.01. The van der Waals surface area contributed by atoms with Crippen molar-refractivity contribution in [3.05, 3.63) is 0 Å². The van der Waals surface area contributed by atoms with Gasteiger partial charge in [-0.25, -0.2) is 0 Å². The smallest absolute Gasteiger partial charge is 0.322 e. The van der Waals surface area contributed by atoms with E-state index in [1.807, 2.05) is 0 Å². The first-order chi connectivity index (χ1) is 21.5. The Morgan fingerprint density at radius 2 is 0.778 bits per heavy atom.